The number of hydrogen-bond acceptors (Lipinski definition) is 8. The van der Waals surface area contributed by atoms with Crippen LogP contribution in [-0.4, -0.2) is 62.4 Å². The molecule has 0 bridgehead atoms. The van der Waals surface area contributed by atoms with Crippen LogP contribution in [0.1, 0.15) is 66.7 Å². The third-order valence-electron chi connectivity index (χ3n) is 6.03. The number of carbonyl (C=O) groups is 2. The minimum absolute atomic E-state index is 0.555. The van der Waals surface area contributed by atoms with Gasteiger partial charge >= 0.3 is 11.9 Å². The average molecular weight is 431 g/mol. The Hall–Kier alpha value is -1.48. The molecule has 0 radical (unpaired) electrons. The van der Waals surface area contributed by atoms with E-state index in [4.69, 9.17) is 9.47 Å². The zero-order valence-electron chi connectivity index (χ0n) is 18.7. The van der Waals surface area contributed by atoms with Crippen LogP contribution in [-0.2, 0) is 19.1 Å². The van der Waals surface area contributed by atoms with Gasteiger partial charge in [-0.1, -0.05) is 39.5 Å². The molecule has 0 aromatic rings. The normalized spacial score (nSPS) is 36.5. The molecular formula is C22H38O8. The van der Waals surface area contributed by atoms with Gasteiger partial charge in [0.1, 0.15) is 11.7 Å². The first-order valence-electron chi connectivity index (χ1n) is 10.8. The van der Waals surface area contributed by atoms with E-state index in [1.165, 1.54) is 33.8 Å². The molecule has 0 amide bonds. The fraction of sp³-hybridized carbons (Fsp3) is 0.818. The lowest BCUT2D eigenvalue weighted by Crippen LogP contribution is -2.56. The molecular weight excluding hydrogens is 392 g/mol. The van der Waals surface area contributed by atoms with Gasteiger partial charge in [0.15, 0.2) is 0 Å². The Kier molecular flexibility index (Phi) is 10.4. The zero-order chi connectivity index (χ0) is 23.1. The van der Waals surface area contributed by atoms with Gasteiger partial charge in [-0.15, -0.1) is 0 Å². The molecule has 0 aromatic heterocycles. The first-order chi connectivity index (χ1) is 13.9. The summed E-state index contributed by atoms with van der Waals surface area (Å²) in [6.45, 7) is 7.72. The minimum Gasteiger partial charge on any atom is -0.461 e. The van der Waals surface area contributed by atoms with Crippen molar-refractivity contribution in [2.24, 2.45) is 17.8 Å². The van der Waals surface area contributed by atoms with E-state index in [9.17, 15) is 30.0 Å². The van der Waals surface area contributed by atoms with Crippen LogP contribution >= 0.6 is 0 Å². The number of hydrogen-bond donors (Lipinski definition) is 4. The third-order valence-corrected chi connectivity index (χ3v) is 6.03. The standard InChI is InChI=1S/C22H38O8/c1-6-7-8-9-10-16(23)11-12-29-21(27)17-13(2)18(24)22(5,28)19(25)14(3)20(26)30-15(17)4/h11-19,23-25,28H,6-10H2,1-5H3. The van der Waals surface area contributed by atoms with E-state index in [-0.39, 0.29) is 0 Å². The van der Waals surface area contributed by atoms with Crippen LogP contribution in [0.15, 0.2) is 12.3 Å². The minimum atomic E-state index is -2.04. The van der Waals surface area contributed by atoms with Crippen LogP contribution in [0.2, 0.25) is 0 Å². The second kappa shape index (κ2) is 11.8. The maximum Gasteiger partial charge on any atom is 0.317 e. The van der Waals surface area contributed by atoms with Gasteiger partial charge in [-0.2, -0.15) is 0 Å². The summed E-state index contributed by atoms with van der Waals surface area (Å²) in [6, 6.07) is 0. The molecule has 1 heterocycles. The fourth-order valence-corrected chi connectivity index (χ4v) is 3.89. The van der Waals surface area contributed by atoms with Gasteiger partial charge < -0.3 is 29.9 Å². The number of ether oxygens (including phenoxy) is 2. The molecule has 0 aliphatic carbocycles. The van der Waals surface area contributed by atoms with Crippen molar-refractivity contribution in [3.63, 3.8) is 0 Å². The highest BCUT2D eigenvalue weighted by Crippen LogP contribution is 2.34. The van der Waals surface area contributed by atoms with Crippen molar-refractivity contribution in [2.45, 2.75) is 96.7 Å². The third kappa shape index (κ3) is 6.77. The molecule has 8 heteroatoms. The van der Waals surface area contributed by atoms with E-state index >= 15 is 0 Å². The van der Waals surface area contributed by atoms with Gasteiger partial charge in [-0.3, -0.25) is 9.59 Å². The van der Waals surface area contributed by atoms with Crippen LogP contribution in [0, 0.1) is 17.8 Å². The molecule has 0 aromatic carbocycles. The monoisotopic (exact) mass is 430 g/mol. The van der Waals surface area contributed by atoms with E-state index in [1.807, 2.05) is 0 Å². The number of esters is 2. The van der Waals surface area contributed by atoms with Crippen LogP contribution < -0.4 is 0 Å². The molecule has 0 spiro atoms. The number of aliphatic hydroxyl groups excluding tert-OH is 3. The first kappa shape index (κ1) is 26.6. The molecule has 1 fully saturated rings. The lowest BCUT2D eigenvalue weighted by molar-refractivity contribution is -0.177. The van der Waals surface area contributed by atoms with E-state index < -0.39 is 59.7 Å². The smallest absolute Gasteiger partial charge is 0.317 e. The Morgan fingerprint density at radius 2 is 1.83 bits per heavy atom. The van der Waals surface area contributed by atoms with Crippen molar-refractivity contribution in [1.82, 2.24) is 0 Å². The predicted octanol–water partition coefficient (Wildman–Crippen LogP) is 1.68. The maximum absolute atomic E-state index is 12.7. The Labute approximate surface area is 178 Å². The summed E-state index contributed by atoms with van der Waals surface area (Å²) in [6.07, 6.45) is 2.32. The second-order valence-electron chi connectivity index (χ2n) is 8.61. The molecule has 1 saturated heterocycles. The molecule has 8 nitrogen and oxygen atoms in total. The molecule has 4 N–H and O–H groups in total. The summed E-state index contributed by atoms with van der Waals surface area (Å²) in [5, 5.41) is 41.6. The molecule has 174 valence electrons. The van der Waals surface area contributed by atoms with E-state index in [2.05, 4.69) is 6.92 Å². The number of unbranched alkanes of at least 4 members (excludes halogenated alkanes) is 3. The average Bonchev–Trinajstić information content (AvgIpc) is 2.69. The molecule has 8 atom stereocenters. The highest BCUT2D eigenvalue weighted by atomic mass is 16.6. The number of carbonyl (C=O) groups excluding carboxylic acids is 2. The van der Waals surface area contributed by atoms with Crippen LogP contribution in [0.5, 0.6) is 0 Å². The number of rotatable bonds is 8. The van der Waals surface area contributed by atoms with E-state index in [0.29, 0.717) is 6.42 Å². The van der Waals surface area contributed by atoms with Gasteiger partial charge in [0, 0.05) is 5.92 Å². The van der Waals surface area contributed by atoms with Crippen molar-refractivity contribution in [3.8, 4) is 0 Å². The first-order valence-corrected chi connectivity index (χ1v) is 10.8. The van der Waals surface area contributed by atoms with Gasteiger partial charge in [-0.05, 0) is 33.3 Å². The Morgan fingerprint density at radius 3 is 2.43 bits per heavy atom. The molecule has 30 heavy (non-hydrogen) atoms. The van der Waals surface area contributed by atoms with Crippen molar-refractivity contribution >= 4 is 11.9 Å². The fourth-order valence-electron chi connectivity index (χ4n) is 3.89. The van der Waals surface area contributed by atoms with Crippen molar-refractivity contribution in [2.75, 3.05) is 0 Å². The summed E-state index contributed by atoms with van der Waals surface area (Å²) in [5.74, 6) is -4.62. The van der Waals surface area contributed by atoms with Crippen molar-refractivity contribution in [1.29, 1.82) is 0 Å². The number of aliphatic hydroxyl groups is 4. The molecule has 1 aliphatic heterocycles. The van der Waals surface area contributed by atoms with Crippen LogP contribution in [0.4, 0.5) is 0 Å². The highest BCUT2D eigenvalue weighted by molar-refractivity contribution is 5.77. The quantitative estimate of drug-likeness (QED) is 0.260. The SMILES string of the molecule is CCCCCCC(O)C=COC(=O)C1C(C)OC(=O)C(C)C(O)C(C)(O)C(O)C1C. The molecule has 1 aliphatic rings. The van der Waals surface area contributed by atoms with Crippen molar-refractivity contribution in [3.05, 3.63) is 12.3 Å². The van der Waals surface area contributed by atoms with Gasteiger partial charge in [0.2, 0.25) is 0 Å². The summed E-state index contributed by atoms with van der Waals surface area (Å²) < 4.78 is 10.4. The summed E-state index contributed by atoms with van der Waals surface area (Å²) in [7, 11) is 0. The second-order valence-corrected chi connectivity index (χ2v) is 8.61. The van der Waals surface area contributed by atoms with Crippen LogP contribution in [0.25, 0.3) is 0 Å². The number of cyclic esters (lactones) is 1. The maximum atomic E-state index is 12.7. The van der Waals surface area contributed by atoms with Gasteiger partial charge in [0.05, 0.1) is 36.4 Å². The van der Waals surface area contributed by atoms with E-state index in [1.54, 1.807) is 0 Å². The van der Waals surface area contributed by atoms with Crippen LogP contribution in [0.3, 0.4) is 0 Å². The zero-order valence-corrected chi connectivity index (χ0v) is 18.7. The highest BCUT2D eigenvalue weighted by Gasteiger charge is 2.51. The largest absolute Gasteiger partial charge is 0.461 e. The molecule has 8 unspecified atom stereocenters. The Balaban J connectivity index is 2.89. The Bertz CT molecular complexity index is 588. The lowest BCUT2D eigenvalue weighted by Gasteiger charge is -2.38. The van der Waals surface area contributed by atoms with E-state index in [0.717, 1.165) is 31.9 Å². The van der Waals surface area contributed by atoms with Crippen molar-refractivity contribution < 1.29 is 39.5 Å². The predicted molar refractivity (Wildman–Crippen MR) is 110 cm³/mol. The summed E-state index contributed by atoms with van der Waals surface area (Å²) in [5.41, 5.74) is -2.04. The van der Waals surface area contributed by atoms with Gasteiger partial charge in [0.25, 0.3) is 0 Å². The summed E-state index contributed by atoms with van der Waals surface area (Å²) >= 11 is 0. The topological polar surface area (TPSA) is 134 Å². The summed E-state index contributed by atoms with van der Waals surface area (Å²) in [4.78, 5) is 25.0. The lowest BCUT2D eigenvalue weighted by atomic mass is 9.75. The van der Waals surface area contributed by atoms with Gasteiger partial charge in [-0.25, -0.2) is 0 Å². The molecule has 1 rings (SSSR count). The molecule has 0 saturated carbocycles. The Morgan fingerprint density at radius 1 is 1.20 bits per heavy atom.